The predicted molar refractivity (Wildman–Crippen MR) is 76.6 cm³/mol. The minimum atomic E-state index is -0.0910. The molecule has 2 aliphatic heterocycles. The van der Waals surface area contributed by atoms with E-state index < -0.39 is 0 Å². The lowest BCUT2D eigenvalue weighted by molar-refractivity contribution is -0.121. The third-order valence-corrected chi connectivity index (χ3v) is 4.70. The maximum Gasteiger partial charge on any atom is 0.233 e. The molecule has 6 N–H and O–H groups in total. The number of rotatable bonds is 5. The number of carbonyl (C=O) groups is 1. The molecule has 8 heteroatoms. The minimum absolute atomic E-state index is 0. The van der Waals surface area contributed by atoms with E-state index in [0.717, 1.165) is 25.0 Å². The summed E-state index contributed by atoms with van der Waals surface area (Å²) in [6.45, 7) is 0. The Labute approximate surface area is 117 Å². The van der Waals surface area contributed by atoms with Crippen LogP contribution in [0, 0.1) is 0 Å². The van der Waals surface area contributed by atoms with Gasteiger partial charge in [0.15, 0.2) is 5.96 Å². The summed E-state index contributed by atoms with van der Waals surface area (Å²) in [6.07, 6.45) is 3.50. The van der Waals surface area contributed by atoms with Crippen molar-refractivity contribution in [3.05, 3.63) is 0 Å². The van der Waals surface area contributed by atoms with E-state index in [0.29, 0.717) is 29.7 Å². The van der Waals surface area contributed by atoms with Crippen molar-refractivity contribution in [1.82, 2.24) is 10.7 Å². The van der Waals surface area contributed by atoms with Crippen LogP contribution in [-0.2, 0) is 4.79 Å². The molecule has 0 aromatic rings. The summed E-state index contributed by atoms with van der Waals surface area (Å²) in [5.74, 6) is 6.58. The molecule has 0 aromatic carbocycles. The van der Waals surface area contributed by atoms with Gasteiger partial charge in [-0.3, -0.25) is 10.2 Å². The SMILES string of the molecule is Cl.NNC(=O)CCCC[C@@H]1SC[C@@H]2NC(N)=N[C@@H]21. The van der Waals surface area contributed by atoms with E-state index in [4.69, 9.17) is 11.6 Å². The summed E-state index contributed by atoms with van der Waals surface area (Å²) in [7, 11) is 0. The number of thioether (sulfide) groups is 1. The van der Waals surface area contributed by atoms with E-state index in [9.17, 15) is 4.79 Å². The van der Waals surface area contributed by atoms with Gasteiger partial charge in [0.25, 0.3) is 0 Å². The number of unbranched alkanes of at least 4 members (excludes halogenated alkanes) is 1. The molecule has 0 unspecified atom stereocenters. The normalized spacial score (nSPS) is 28.9. The van der Waals surface area contributed by atoms with Crippen LogP contribution >= 0.6 is 24.2 Å². The van der Waals surface area contributed by atoms with Gasteiger partial charge in [0.1, 0.15) is 0 Å². The fourth-order valence-electron chi connectivity index (χ4n) is 2.33. The van der Waals surface area contributed by atoms with Crippen molar-refractivity contribution in [3.8, 4) is 0 Å². The van der Waals surface area contributed by atoms with Crippen molar-refractivity contribution in [2.24, 2.45) is 16.6 Å². The van der Waals surface area contributed by atoms with Gasteiger partial charge in [0.2, 0.25) is 5.91 Å². The molecule has 2 aliphatic rings. The number of hydrazine groups is 1. The number of nitrogens with one attached hydrogen (secondary N) is 2. The number of halogens is 1. The zero-order chi connectivity index (χ0) is 12.3. The van der Waals surface area contributed by atoms with E-state index in [2.05, 4.69) is 15.7 Å². The minimum Gasteiger partial charge on any atom is -0.370 e. The van der Waals surface area contributed by atoms with Gasteiger partial charge in [-0.05, 0) is 12.8 Å². The molecule has 0 aromatic heterocycles. The molecular formula is C10H20ClN5OS. The summed E-state index contributed by atoms with van der Waals surface area (Å²) in [4.78, 5) is 15.4. The van der Waals surface area contributed by atoms with Gasteiger partial charge in [0.05, 0.1) is 12.1 Å². The van der Waals surface area contributed by atoms with Crippen LogP contribution in [0.5, 0.6) is 0 Å². The molecular weight excluding hydrogens is 274 g/mol. The lowest BCUT2D eigenvalue weighted by atomic mass is 10.0. The van der Waals surface area contributed by atoms with E-state index in [-0.39, 0.29) is 18.3 Å². The molecule has 2 heterocycles. The molecule has 1 amide bonds. The standard InChI is InChI=1S/C10H19N5OS.ClH/c11-10-13-6-5-17-7(9(6)14-10)3-1-2-4-8(16)15-12;/h6-7,9H,1-5,12H2,(H,15,16)(H3,11,13,14);1H/t6-,7-,9-;/m0./s1. The highest BCUT2D eigenvalue weighted by atomic mass is 35.5. The Morgan fingerprint density at radius 1 is 1.56 bits per heavy atom. The highest BCUT2D eigenvalue weighted by molar-refractivity contribution is 8.00. The third kappa shape index (κ3) is 3.66. The van der Waals surface area contributed by atoms with Crippen LogP contribution < -0.4 is 22.3 Å². The molecule has 2 rings (SSSR count). The first-order chi connectivity index (χ1) is 8.20. The van der Waals surface area contributed by atoms with Crippen molar-refractivity contribution in [3.63, 3.8) is 0 Å². The van der Waals surface area contributed by atoms with Crippen LogP contribution in [-0.4, -0.2) is 35.0 Å². The first-order valence-electron chi connectivity index (χ1n) is 5.91. The largest absolute Gasteiger partial charge is 0.370 e. The van der Waals surface area contributed by atoms with Crippen LogP contribution in [0.15, 0.2) is 4.99 Å². The van der Waals surface area contributed by atoms with E-state index in [1.807, 2.05) is 11.8 Å². The number of nitrogens with zero attached hydrogens (tertiary/aromatic N) is 1. The number of aliphatic imine (C=N–C) groups is 1. The van der Waals surface area contributed by atoms with Crippen molar-refractivity contribution in [1.29, 1.82) is 0 Å². The molecule has 104 valence electrons. The number of fused-ring (bicyclic) bond motifs is 1. The second-order valence-corrected chi connectivity index (χ2v) is 5.71. The average Bonchev–Trinajstić information content (AvgIpc) is 2.84. The third-order valence-electron chi connectivity index (χ3n) is 3.21. The maximum absolute atomic E-state index is 10.9. The molecule has 18 heavy (non-hydrogen) atoms. The summed E-state index contributed by atoms with van der Waals surface area (Å²) in [5.41, 5.74) is 7.81. The zero-order valence-electron chi connectivity index (χ0n) is 10.1. The van der Waals surface area contributed by atoms with E-state index >= 15 is 0 Å². The van der Waals surface area contributed by atoms with Crippen LogP contribution in [0.3, 0.4) is 0 Å². The smallest absolute Gasteiger partial charge is 0.233 e. The second kappa shape index (κ2) is 7.06. The number of hydrogen-bond donors (Lipinski definition) is 4. The zero-order valence-corrected chi connectivity index (χ0v) is 11.7. The monoisotopic (exact) mass is 293 g/mol. The van der Waals surface area contributed by atoms with Crippen LogP contribution in [0.2, 0.25) is 0 Å². The highest BCUT2D eigenvalue weighted by Gasteiger charge is 2.39. The summed E-state index contributed by atoms with van der Waals surface area (Å²) in [5, 5.41) is 3.73. The van der Waals surface area contributed by atoms with Gasteiger partial charge in [-0.2, -0.15) is 11.8 Å². The quantitative estimate of drug-likeness (QED) is 0.242. The number of hydrogen-bond acceptors (Lipinski definition) is 6. The second-order valence-electron chi connectivity index (χ2n) is 4.44. The Morgan fingerprint density at radius 2 is 2.33 bits per heavy atom. The summed E-state index contributed by atoms with van der Waals surface area (Å²) in [6, 6.07) is 0.737. The van der Waals surface area contributed by atoms with Crippen molar-refractivity contribution < 1.29 is 4.79 Å². The van der Waals surface area contributed by atoms with E-state index in [1.165, 1.54) is 0 Å². The fourth-order valence-corrected chi connectivity index (χ4v) is 3.84. The van der Waals surface area contributed by atoms with Gasteiger partial charge < -0.3 is 11.1 Å². The molecule has 0 saturated carbocycles. The highest BCUT2D eigenvalue weighted by Crippen LogP contribution is 2.35. The Hall–Kier alpha value is -0.660. The molecule has 0 bridgehead atoms. The van der Waals surface area contributed by atoms with Gasteiger partial charge >= 0.3 is 0 Å². The molecule has 3 atom stereocenters. The van der Waals surface area contributed by atoms with Crippen LogP contribution in [0.4, 0.5) is 0 Å². The maximum atomic E-state index is 10.9. The lowest BCUT2D eigenvalue weighted by Gasteiger charge is -2.14. The molecule has 0 spiro atoms. The number of guanidine groups is 1. The first-order valence-corrected chi connectivity index (χ1v) is 6.96. The topological polar surface area (TPSA) is 106 Å². The number of nitrogens with two attached hydrogens (primary N) is 2. The van der Waals surface area contributed by atoms with Crippen molar-refractivity contribution in [2.75, 3.05) is 5.75 Å². The molecule has 1 fully saturated rings. The van der Waals surface area contributed by atoms with E-state index in [1.54, 1.807) is 0 Å². The van der Waals surface area contributed by atoms with Gasteiger partial charge in [0, 0.05) is 17.4 Å². The van der Waals surface area contributed by atoms with Crippen LogP contribution in [0.25, 0.3) is 0 Å². The Balaban J connectivity index is 0.00000162. The summed E-state index contributed by atoms with van der Waals surface area (Å²) >= 11 is 1.95. The van der Waals surface area contributed by atoms with Gasteiger partial charge in [-0.1, -0.05) is 6.42 Å². The Morgan fingerprint density at radius 3 is 3.06 bits per heavy atom. The van der Waals surface area contributed by atoms with Crippen LogP contribution in [0.1, 0.15) is 25.7 Å². The van der Waals surface area contributed by atoms with Crippen molar-refractivity contribution in [2.45, 2.75) is 43.0 Å². The number of amides is 1. The molecule has 1 saturated heterocycles. The molecule has 6 nitrogen and oxygen atoms in total. The fraction of sp³-hybridized carbons (Fsp3) is 0.800. The molecule has 0 aliphatic carbocycles. The predicted octanol–water partition coefficient (Wildman–Crippen LogP) is -0.271. The number of carbonyl (C=O) groups excluding carboxylic acids is 1. The van der Waals surface area contributed by atoms with Crippen molar-refractivity contribution >= 4 is 36.0 Å². The first kappa shape index (κ1) is 15.4. The van der Waals surface area contributed by atoms with Gasteiger partial charge in [-0.25, -0.2) is 10.8 Å². The lowest BCUT2D eigenvalue weighted by Crippen LogP contribution is -2.38. The average molecular weight is 294 g/mol. The molecule has 0 radical (unpaired) electrons. The summed E-state index contributed by atoms with van der Waals surface area (Å²) < 4.78 is 0. The van der Waals surface area contributed by atoms with Gasteiger partial charge in [-0.15, -0.1) is 12.4 Å². The Bertz CT molecular complexity index is 327. The Kier molecular flexibility index (Phi) is 6.04.